The van der Waals surface area contributed by atoms with Crippen molar-refractivity contribution < 1.29 is 17.7 Å². The van der Waals surface area contributed by atoms with Gasteiger partial charge < -0.3 is 17.7 Å². The lowest BCUT2D eigenvalue weighted by Crippen LogP contribution is -2.48. The summed E-state index contributed by atoms with van der Waals surface area (Å²) in [6.45, 7) is 11.6. The van der Waals surface area contributed by atoms with Crippen LogP contribution in [0, 0.1) is 0 Å². The van der Waals surface area contributed by atoms with Crippen LogP contribution in [0.1, 0.15) is 0 Å². The van der Waals surface area contributed by atoms with E-state index in [9.17, 15) is 0 Å². The van der Waals surface area contributed by atoms with Crippen LogP contribution in [0.3, 0.4) is 0 Å². The molecule has 0 atom stereocenters. The van der Waals surface area contributed by atoms with E-state index in [0.717, 1.165) is 0 Å². The second kappa shape index (κ2) is 8.57. The summed E-state index contributed by atoms with van der Waals surface area (Å²) in [6, 6.07) is 0. The molecular formula is C10H18O4Si. The molecule has 0 saturated carbocycles. The van der Waals surface area contributed by atoms with E-state index in [1.165, 1.54) is 7.11 Å². The van der Waals surface area contributed by atoms with Crippen molar-refractivity contribution in [3.8, 4) is 0 Å². The van der Waals surface area contributed by atoms with E-state index in [0.29, 0.717) is 19.8 Å². The molecule has 0 aromatic rings. The van der Waals surface area contributed by atoms with Crippen molar-refractivity contribution in [3.63, 3.8) is 0 Å². The molecule has 5 heteroatoms. The quantitative estimate of drug-likeness (QED) is 0.422. The summed E-state index contributed by atoms with van der Waals surface area (Å²) in [6.07, 6.45) is 4.82. The molecule has 0 aliphatic rings. The Morgan fingerprint density at radius 3 is 1.40 bits per heavy atom. The van der Waals surface area contributed by atoms with Crippen molar-refractivity contribution in [2.24, 2.45) is 0 Å². The molecule has 86 valence electrons. The van der Waals surface area contributed by atoms with Gasteiger partial charge in [-0.2, -0.15) is 0 Å². The topological polar surface area (TPSA) is 36.9 Å². The molecule has 0 radical (unpaired) electrons. The van der Waals surface area contributed by atoms with Gasteiger partial charge in [0.15, 0.2) is 0 Å². The van der Waals surface area contributed by atoms with E-state index in [2.05, 4.69) is 19.7 Å². The van der Waals surface area contributed by atoms with Gasteiger partial charge in [0, 0.05) is 7.11 Å². The van der Waals surface area contributed by atoms with Crippen LogP contribution in [-0.2, 0) is 17.7 Å². The zero-order chi connectivity index (χ0) is 11.6. The summed E-state index contributed by atoms with van der Waals surface area (Å²) < 4.78 is 21.3. The average molecular weight is 230 g/mol. The van der Waals surface area contributed by atoms with Crippen molar-refractivity contribution in [2.75, 3.05) is 26.9 Å². The Labute approximate surface area is 92.3 Å². The Hall–Kier alpha value is -0.723. The molecule has 0 bridgehead atoms. The van der Waals surface area contributed by atoms with E-state index >= 15 is 0 Å². The third-order valence-corrected chi connectivity index (χ3v) is 3.44. The van der Waals surface area contributed by atoms with Gasteiger partial charge in [0.25, 0.3) is 0 Å². The minimum absolute atomic E-state index is 0.314. The molecule has 0 heterocycles. The summed E-state index contributed by atoms with van der Waals surface area (Å²) >= 11 is 0. The second-order valence-electron chi connectivity index (χ2n) is 2.50. The molecule has 0 N–H and O–H groups in total. The average Bonchev–Trinajstić information content (AvgIpc) is 2.29. The van der Waals surface area contributed by atoms with Crippen molar-refractivity contribution in [1.82, 2.24) is 0 Å². The maximum absolute atomic E-state index is 5.39. The highest BCUT2D eigenvalue weighted by atomic mass is 28.4. The zero-order valence-electron chi connectivity index (χ0n) is 9.11. The predicted molar refractivity (Wildman–Crippen MR) is 61.2 cm³/mol. The smallest absolute Gasteiger partial charge is 0.355 e. The largest absolute Gasteiger partial charge is 0.680 e. The predicted octanol–water partition coefficient (Wildman–Crippen LogP) is 1.68. The van der Waals surface area contributed by atoms with Crippen molar-refractivity contribution >= 4 is 9.05 Å². The molecular weight excluding hydrogens is 212 g/mol. The van der Waals surface area contributed by atoms with Crippen LogP contribution < -0.4 is 0 Å². The maximum Gasteiger partial charge on any atom is 0.680 e. The summed E-state index contributed by atoms with van der Waals surface area (Å²) in [4.78, 5) is 0. The van der Waals surface area contributed by atoms with E-state index in [4.69, 9.17) is 17.7 Å². The minimum atomic E-state index is -3.05. The molecule has 15 heavy (non-hydrogen) atoms. The first kappa shape index (κ1) is 14.3. The SMILES string of the molecule is C=CCO[Si](OC)(OCC=C)OCC=C. The van der Waals surface area contributed by atoms with E-state index < -0.39 is 9.05 Å². The zero-order valence-corrected chi connectivity index (χ0v) is 10.1. The van der Waals surface area contributed by atoms with Gasteiger partial charge in [-0.15, -0.1) is 19.7 Å². The highest BCUT2D eigenvalue weighted by Crippen LogP contribution is 2.10. The second-order valence-corrected chi connectivity index (χ2v) is 4.78. The van der Waals surface area contributed by atoms with Crippen LogP contribution >= 0.6 is 0 Å². The molecule has 0 unspecified atom stereocenters. The van der Waals surface area contributed by atoms with Gasteiger partial charge in [-0.1, -0.05) is 18.2 Å². The van der Waals surface area contributed by atoms with E-state index in [-0.39, 0.29) is 0 Å². The lowest BCUT2D eigenvalue weighted by atomic mass is 10.7. The number of rotatable bonds is 10. The van der Waals surface area contributed by atoms with Crippen LogP contribution in [0.25, 0.3) is 0 Å². The van der Waals surface area contributed by atoms with Gasteiger partial charge in [-0.25, -0.2) is 0 Å². The van der Waals surface area contributed by atoms with Crippen LogP contribution in [0.15, 0.2) is 38.0 Å². The van der Waals surface area contributed by atoms with E-state index in [1.807, 2.05) is 0 Å². The highest BCUT2D eigenvalue weighted by Gasteiger charge is 2.43. The van der Waals surface area contributed by atoms with Gasteiger partial charge in [-0.3, -0.25) is 0 Å². The lowest BCUT2D eigenvalue weighted by Gasteiger charge is -2.24. The van der Waals surface area contributed by atoms with Crippen LogP contribution in [0.4, 0.5) is 0 Å². The molecule has 0 aromatic carbocycles. The summed E-state index contributed by atoms with van der Waals surface area (Å²) in [5.41, 5.74) is 0. The minimum Gasteiger partial charge on any atom is -0.355 e. The Kier molecular flexibility index (Phi) is 8.16. The molecule has 0 saturated heterocycles. The Bertz CT molecular complexity index is 174. The van der Waals surface area contributed by atoms with Gasteiger partial charge in [0.2, 0.25) is 0 Å². The fraction of sp³-hybridized carbons (Fsp3) is 0.400. The van der Waals surface area contributed by atoms with Crippen LogP contribution in [0.2, 0.25) is 0 Å². The number of hydrogen-bond acceptors (Lipinski definition) is 4. The first-order chi connectivity index (χ1) is 7.24. The van der Waals surface area contributed by atoms with E-state index in [1.54, 1.807) is 18.2 Å². The van der Waals surface area contributed by atoms with Crippen LogP contribution in [-0.4, -0.2) is 36.0 Å². The fourth-order valence-corrected chi connectivity index (χ4v) is 2.35. The third kappa shape index (κ3) is 5.66. The first-order valence-electron chi connectivity index (χ1n) is 4.54. The van der Waals surface area contributed by atoms with Gasteiger partial charge in [0.05, 0.1) is 19.8 Å². The Morgan fingerprint density at radius 1 is 0.867 bits per heavy atom. The molecule has 0 aromatic heterocycles. The third-order valence-electron chi connectivity index (χ3n) is 1.38. The lowest BCUT2D eigenvalue weighted by molar-refractivity contribution is -0.00375. The van der Waals surface area contributed by atoms with Gasteiger partial charge in [0.1, 0.15) is 0 Å². The number of hydrogen-bond donors (Lipinski definition) is 0. The summed E-state index contributed by atoms with van der Waals surface area (Å²) in [5, 5.41) is 0. The summed E-state index contributed by atoms with van der Waals surface area (Å²) in [7, 11) is -1.56. The monoisotopic (exact) mass is 230 g/mol. The molecule has 0 amide bonds. The molecule has 0 aliphatic carbocycles. The molecule has 0 rings (SSSR count). The fourth-order valence-electron chi connectivity index (χ4n) is 0.785. The molecule has 4 nitrogen and oxygen atoms in total. The van der Waals surface area contributed by atoms with Crippen molar-refractivity contribution in [1.29, 1.82) is 0 Å². The normalized spacial score (nSPS) is 11.0. The molecule has 0 aliphatic heterocycles. The maximum atomic E-state index is 5.39. The van der Waals surface area contributed by atoms with Crippen molar-refractivity contribution in [3.05, 3.63) is 38.0 Å². The molecule has 0 spiro atoms. The van der Waals surface area contributed by atoms with Crippen molar-refractivity contribution in [2.45, 2.75) is 0 Å². The van der Waals surface area contributed by atoms with Crippen LogP contribution in [0.5, 0.6) is 0 Å². The standard InChI is InChI=1S/C10H18O4Si/c1-5-8-12-15(11-4,13-9-6-2)14-10-7-3/h5-7H,1-3,8-10H2,4H3. The van der Waals surface area contributed by atoms with Gasteiger partial charge >= 0.3 is 9.05 Å². The highest BCUT2D eigenvalue weighted by molar-refractivity contribution is 6.53. The summed E-state index contributed by atoms with van der Waals surface area (Å²) in [5.74, 6) is 0. The molecule has 0 fully saturated rings. The van der Waals surface area contributed by atoms with Gasteiger partial charge in [-0.05, 0) is 0 Å². The Balaban J connectivity index is 4.34. The first-order valence-corrected chi connectivity index (χ1v) is 6.17. The Morgan fingerprint density at radius 2 is 1.20 bits per heavy atom.